The van der Waals surface area contributed by atoms with Crippen molar-refractivity contribution in [1.82, 2.24) is 5.32 Å². The van der Waals surface area contributed by atoms with Crippen LogP contribution in [-0.2, 0) is 0 Å². The summed E-state index contributed by atoms with van der Waals surface area (Å²) in [5, 5.41) is 3.37. The van der Waals surface area contributed by atoms with Crippen LogP contribution in [0.2, 0.25) is 0 Å². The van der Waals surface area contributed by atoms with E-state index in [1.807, 2.05) is 0 Å². The summed E-state index contributed by atoms with van der Waals surface area (Å²) in [7, 11) is 0. The molecule has 0 radical (unpaired) electrons. The fourth-order valence-corrected chi connectivity index (χ4v) is 1.60. The molecule has 0 aromatic carbocycles. The molecule has 0 bridgehead atoms. The average molecular weight is 141 g/mol. The molecule has 1 nitrogen and oxygen atoms in total. The molecule has 0 aromatic rings. The maximum absolute atomic E-state index is 3.37. The number of nitrogens with one attached hydrogen (secondary N) is 1. The molecular weight excluding hydrogens is 122 g/mol. The first-order chi connectivity index (χ1) is 4.77. The zero-order valence-corrected chi connectivity index (χ0v) is 7.24. The van der Waals surface area contributed by atoms with Gasteiger partial charge in [-0.15, -0.1) is 0 Å². The van der Waals surface area contributed by atoms with Gasteiger partial charge in [-0.1, -0.05) is 20.3 Å². The quantitative estimate of drug-likeness (QED) is 0.592. The summed E-state index contributed by atoms with van der Waals surface area (Å²) in [5.41, 5.74) is 0.710. The molecule has 0 atom stereocenters. The van der Waals surface area contributed by atoms with Gasteiger partial charge in [-0.3, -0.25) is 0 Å². The van der Waals surface area contributed by atoms with E-state index in [1.54, 1.807) is 0 Å². The van der Waals surface area contributed by atoms with Crippen LogP contribution >= 0.6 is 0 Å². The highest BCUT2D eigenvalue weighted by Crippen LogP contribution is 2.42. The Labute approximate surface area is 64.2 Å². The molecule has 1 N–H and O–H groups in total. The van der Waals surface area contributed by atoms with Gasteiger partial charge in [-0.05, 0) is 37.8 Å². The van der Waals surface area contributed by atoms with Crippen molar-refractivity contribution in [1.29, 1.82) is 0 Å². The van der Waals surface area contributed by atoms with E-state index in [1.165, 1.54) is 32.2 Å². The van der Waals surface area contributed by atoms with Gasteiger partial charge in [0.15, 0.2) is 0 Å². The highest BCUT2D eigenvalue weighted by molar-refractivity contribution is 4.83. The van der Waals surface area contributed by atoms with E-state index in [9.17, 15) is 0 Å². The van der Waals surface area contributed by atoms with Crippen LogP contribution in [0.15, 0.2) is 0 Å². The largest absolute Gasteiger partial charge is 0.317 e. The van der Waals surface area contributed by atoms with Crippen LogP contribution in [-0.4, -0.2) is 13.1 Å². The van der Waals surface area contributed by atoms with Crippen molar-refractivity contribution in [3.8, 4) is 0 Å². The Kier molecular flexibility index (Phi) is 2.72. The van der Waals surface area contributed by atoms with Gasteiger partial charge in [0.05, 0.1) is 0 Å². The zero-order chi connectivity index (χ0) is 7.45. The standard InChI is InChI=1S/C9H19N/c1-3-10-8-7-9(2)5-4-6-9/h10H,3-8H2,1-2H3. The molecular formula is C9H19N. The number of hydrogen-bond donors (Lipinski definition) is 1. The Morgan fingerprint density at radius 2 is 2.10 bits per heavy atom. The highest BCUT2D eigenvalue weighted by atomic mass is 14.8. The Morgan fingerprint density at radius 1 is 1.40 bits per heavy atom. The third kappa shape index (κ3) is 1.98. The molecule has 10 heavy (non-hydrogen) atoms. The zero-order valence-electron chi connectivity index (χ0n) is 7.24. The van der Waals surface area contributed by atoms with Crippen LogP contribution in [0.1, 0.15) is 39.5 Å². The first-order valence-corrected chi connectivity index (χ1v) is 4.47. The first kappa shape index (κ1) is 8.06. The molecule has 0 unspecified atom stereocenters. The summed E-state index contributed by atoms with van der Waals surface area (Å²) in [4.78, 5) is 0. The molecule has 0 saturated heterocycles. The molecule has 0 heterocycles. The lowest BCUT2D eigenvalue weighted by Crippen LogP contribution is -2.30. The minimum Gasteiger partial charge on any atom is -0.317 e. The molecule has 1 fully saturated rings. The molecule has 1 saturated carbocycles. The van der Waals surface area contributed by atoms with Crippen molar-refractivity contribution in [2.45, 2.75) is 39.5 Å². The van der Waals surface area contributed by atoms with Crippen molar-refractivity contribution in [2.75, 3.05) is 13.1 Å². The summed E-state index contributed by atoms with van der Waals surface area (Å²) in [6.45, 7) is 6.92. The van der Waals surface area contributed by atoms with Crippen LogP contribution in [0, 0.1) is 5.41 Å². The van der Waals surface area contributed by atoms with Crippen molar-refractivity contribution in [2.24, 2.45) is 5.41 Å². The molecule has 0 spiro atoms. The van der Waals surface area contributed by atoms with Gasteiger partial charge in [-0.25, -0.2) is 0 Å². The Morgan fingerprint density at radius 3 is 2.50 bits per heavy atom. The minimum atomic E-state index is 0.710. The van der Waals surface area contributed by atoms with Crippen LogP contribution in [0.4, 0.5) is 0 Å². The van der Waals surface area contributed by atoms with Crippen molar-refractivity contribution >= 4 is 0 Å². The van der Waals surface area contributed by atoms with Crippen molar-refractivity contribution < 1.29 is 0 Å². The molecule has 60 valence electrons. The van der Waals surface area contributed by atoms with Gasteiger partial charge < -0.3 is 5.32 Å². The Balaban J connectivity index is 2.01. The molecule has 1 aliphatic carbocycles. The summed E-state index contributed by atoms with van der Waals surface area (Å²) < 4.78 is 0. The van der Waals surface area contributed by atoms with E-state index in [0.717, 1.165) is 6.54 Å². The van der Waals surface area contributed by atoms with Crippen LogP contribution in [0.25, 0.3) is 0 Å². The third-order valence-corrected chi connectivity index (χ3v) is 2.72. The van der Waals surface area contributed by atoms with E-state index >= 15 is 0 Å². The van der Waals surface area contributed by atoms with E-state index in [2.05, 4.69) is 19.2 Å². The Bertz CT molecular complexity index is 94.9. The van der Waals surface area contributed by atoms with Gasteiger partial charge in [-0.2, -0.15) is 0 Å². The summed E-state index contributed by atoms with van der Waals surface area (Å²) in [6, 6.07) is 0. The summed E-state index contributed by atoms with van der Waals surface area (Å²) in [6.07, 6.45) is 5.75. The first-order valence-electron chi connectivity index (χ1n) is 4.47. The monoisotopic (exact) mass is 141 g/mol. The summed E-state index contributed by atoms with van der Waals surface area (Å²) >= 11 is 0. The minimum absolute atomic E-state index is 0.710. The predicted octanol–water partition coefficient (Wildman–Crippen LogP) is 2.18. The lowest BCUT2D eigenvalue weighted by molar-refractivity contribution is 0.146. The van der Waals surface area contributed by atoms with Crippen molar-refractivity contribution in [3.05, 3.63) is 0 Å². The van der Waals surface area contributed by atoms with Gasteiger partial charge in [0.25, 0.3) is 0 Å². The second-order valence-electron chi connectivity index (χ2n) is 3.77. The molecule has 1 heteroatoms. The maximum atomic E-state index is 3.37. The smallest absolute Gasteiger partial charge is 0.00438 e. The second-order valence-corrected chi connectivity index (χ2v) is 3.77. The Hall–Kier alpha value is -0.0400. The lowest BCUT2D eigenvalue weighted by Gasteiger charge is -2.38. The molecule has 1 aliphatic rings. The van der Waals surface area contributed by atoms with E-state index in [4.69, 9.17) is 0 Å². The number of hydrogen-bond acceptors (Lipinski definition) is 1. The van der Waals surface area contributed by atoms with E-state index < -0.39 is 0 Å². The maximum Gasteiger partial charge on any atom is -0.00438 e. The molecule has 0 amide bonds. The third-order valence-electron chi connectivity index (χ3n) is 2.72. The van der Waals surface area contributed by atoms with Crippen LogP contribution in [0.3, 0.4) is 0 Å². The number of rotatable bonds is 4. The van der Waals surface area contributed by atoms with Gasteiger partial charge in [0.1, 0.15) is 0 Å². The van der Waals surface area contributed by atoms with E-state index in [0.29, 0.717) is 5.41 Å². The van der Waals surface area contributed by atoms with Crippen LogP contribution < -0.4 is 5.32 Å². The second kappa shape index (κ2) is 3.38. The molecule has 0 aliphatic heterocycles. The molecule has 0 aromatic heterocycles. The lowest BCUT2D eigenvalue weighted by atomic mass is 9.68. The van der Waals surface area contributed by atoms with E-state index in [-0.39, 0.29) is 0 Å². The predicted molar refractivity (Wildman–Crippen MR) is 45.1 cm³/mol. The summed E-state index contributed by atoms with van der Waals surface area (Å²) in [5.74, 6) is 0. The highest BCUT2D eigenvalue weighted by Gasteiger charge is 2.30. The van der Waals surface area contributed by atoms with Crippen molar-refractivity contribution in [3.63, 3.8) is 0 Å². The molecule has 1 rings (SSSR count). The topological polar surface area (TPSA) is 12.0 Å². The fourth-order valence-electron chi connectivity index (χ4n) is 1.60. The fraction of sp³-hybridized carbons (Fsp3) is 1.00. The average Bonchev–Trinajstić information content (AvgIpc) is 1.85. The van der Waals surface area contributed by atoms with Crippen LogP contribution in [0.5, 0.6) is 0 Å². The van der Waals surface area contributed by atoms with Gasteiger partial charge >= 0.3 is 0 Å². The SMILES string of the molecule is CCNCCC1(C)CCC1. The normalized spacial score (nSPS) is 22.2. The van der Waals surface area contributed by atoms with Gasteiger partial charge in [0.2, 0.25) is 0 Å². The van der Waals surface area contributed by atoms with Gasteiger partial charge in [0, 0.05) is 0 Å².